The Hall–Kier alpha value is -1.26. The van der Waals surface area contributed by atoms with Gasteiger partial charge in [0.15, 0.2) is 5.96 Å². The summed E-state index contributed by atoms with van der Waals surface area (Å²) in [4.78, 5) is 11.3. The second-order valence-electron chi connectivity index (χ2n) is 6.86. The van der Waals surface area contributed by atoms with Crippen LogP contribution < -0.4 is 14.8 Å². The van der Waals surface area contributed by atoms with Crippen molar-refractivity contribution in [1.29, 1.82) is 0 Å². The molecule has 1 fully saturated rings. The molecule has 1 aromatic carbocycles. The first-order valence-corrected chi connectivity index (χ1v) is 9.00. The summed E-state index contributed by atoms with van der Waals surface area (Å²) >= 11 is 0. The van der Waals surface area contributed by atoms with E-state index in [1.807, 2.05) is 32.3 Å². The number of benzene rings is 1. The van der Waals surface area contributed by atoms with Crippen molar-refractivity contribution < 1.29 is 9.47 Å². The average molecular weight is 491 g/mol. The number of methoxy groups -OCH3 is 2. The van der Waals surface area contributed by atoms with E-state index in [-0.39, 0.29) is 24.0 Å². The van der Waals surface area contributed by atoms with Gasteiger partial charge in [-0.15, -0.1) is 24.0 Å². The van der Waals surface area contributed by atoms with Crippen molar-refractivity contribution in [3.63, 3.8) is 0 Å². The van der Waals surface area contributed by atoms with Crippen LogP contribution in [0.5, 0.6) is 11.5 Å². The largest absolute Gasteiger partial charge is 0.497 e. The van der Waals surface area contributed by atoms with Gasteiger partial charge in [-0.05, 0) is 26.2 Å². The summed E-state index contributed by atoms with van der Waals surface area (Å²) < 4.78 is 10.8. The highest BCUT2D eigenvalue weighted by molar-refractivity contribution is 14.0. The summed E-state index contributed by atoms with van der Waals surface area (Å²) in [6, 6.07) is 6.38. The van der Waals surface area contributed by atoms with Crippen molar-refractivity contribution in [2.24, 2.45) is 4.99 Å². The molecule has 8 heteroatoms. The standard InChI is InChI=1S/C19H33N5O2.HI/c1-20-19(21-12-16-14-22(2)9-10-23(16)3)24(4)13-15-7-8-17(25-5)11-18(15)26-6;/h7-8,11,16H,9-10,12-14H2,1-6H3,(H,20,21);1H. The lowest BCUT2D eigenvalue weighted by atomic mass is 10.1. The third-order valence-electron chi connectivity index (χ3n) is 4.95. The first kappa shape index (κ1) is 23.8. The zero-order chi connectivity index (χ0) is 19.1. The normalized spacial score (nSPS) is 18.6. The smallest absolute Gasteiger partial charge is 0.193 e. The fourth-order valence-corrected chi connectivity index (χ4v) is 3.23. The van der Waals surface area contributed by atoms with Gasteiger partial charge in [0.05, 0.1) is 14.2 Å². The highest BCUT2D eigenvalue weighted by atomic mass is 127. The Balaban J connectivity index is 0.00000364. The van der Waals surface area contributed by atoms with E-state index >= 15 is 0 Å². The number of nitrogens with zero attached hydrogens (tertiary/aromatic N) is 4. The number of nitrogens with one attached hydrogen (secondary N) is 1. The zero-order valence-corrected chi connectivity index (χ0v) is 19.7. The number of hydrogen-bond donors (Lipinski definition) is 1. The van der Waals surface area contributed by atoms with E-state index in [0.29, 0.717) is 12.6 Å². The summed E-state index contributed by atoms with van der Waals surface area (Å²) in [6.45, 7) is 4.86. The second-order valence-corrected chi connectivity index (χ2v) is 6.86. The molecular weight excluding hydrogens is 457 g/mol. The predicted molar refractivity (Wildman–Crippen MR) is 122 cm³/mol. The molecule has 0 aliphatic carbocycles. The fraction of sp³-hybridized carbons (Fsp3) is 0.632. The first-order chi connectivity index (χ1) is 12.5. The minimum atomic E-state index is 0. The molecule has 154 valence electrons. The van der Waals surface area contributed by atoms with Crippen LogP contribution in [0.4, 0.5) is 0 Å². The minimum Gasteiger partial charge on any atom is -0.497 e. The van der Waals surface area contributed by atoms with Crippen molar-refractivity contribution >= 4 is 29.9 Å². The van der Waals surface area contributed by atoms with Crippen LogP contribution in [-0.2, 0) is 6.54 Å². The second kappa shape index (κ2) is 11.6. The van der Waals surface area contributed by atoms with Crippen LogP contribution in [-0.4, -0.2) is 95.3 Å². The van der Waals surface area contributed by atoms with E-state index in [1.165, 1.54) is 0 Å². The molecule has 0 amide bonds. The number of likely N-dealkylation sites (N-methyl/N-ethyl adjacent to an activating group) is 2. The van der Waals surface area contributed by atoms with Gasteiger partial charge in [-0.25, -0.2) is 0 Å². The molecule has 1 N–H and O–H groups in total. The fourth-order valence-electron chi connectivity index (χ4n) is 3.23. The molecule has 1 unspecified atom stereocenters. The molecule has 7 nitrogen and oxygen atoms in total. The van der Waals surface area contributed by atoms with Crippen LogP contribution in [0.25, 0.3) is 0 Å². The maximum atomic E-state index is 5.50. The third-order valence-corrected chi connectivity index (χ3v) is 4.95. The molecule has 1 aliphatic heterocycles. The lowest BCUT2D eigenvalue weighted by Crippen LogP contribution is -2.55. The van der Waals surface area contributed by atoms with Gasteiger partial charge in [-0.1, -0.05) is 0 Å². The molecule has 2 rings (SSSR count). The molecule has 1 heterocycles. The Morgan fingerprint density at radius 3 is 2.63 bits per heavy atom. The molecule has 0 aromatic heterocycles. The van der Waals surface area contributed by atoms with Gasteiger partial charge >= 0.3 is 0 Å². The van der Waals surface area contributed by atoms with Gasteiger partial charge in [0.2, 0.25) is 0 Å². The number of rotatable bonds is 6. The van der Waals surface area contributed by atoms with Gasteiger partial charge in [0, 0.05) is 64.5 Å². The quantitative estimate of drug-likeness (QED) is 0.371. The molecule has 0 spiro atoms. The number of piperazine rings is 1. The summed E-state index contributed by atoms with van der Waals surface area (Å²) in [5.74, 6) is 2.49. The van der Waals surface area contributed by atoms with Crippen molar-refractivity contribution in [1.82, 2.24) is 20.0 Å². The molecule has 1 aromatic rings. The molecule has 0 saturated carbocycles. The molecular formula is C19H34IN5O2. The Morgan fingerprint density at radius 1 is 1.26 bits per heavy atom. The van der Waals surface area contributed by atoms with Crippen LogP contribution >= 0.6 is 24.0 Å². The number of halogens is 1. The van der Waals surface area contributed by atoms with Crippen molar-refractivity contribution in [2.45, 2.75) is 12.6 Å². The predicted octanol–water partition coefficient (Wildman–Crippen LogP) is 1.57. The third kappa shape index (κ3) is 6.69. The lowest BCUT2D eigenvalue weighted by molar-refractivity contribution is 0.116. The van der Waals surface area contributed by atoms with Crippen LogP contribution in [0.3, 0.4) is 0 Å². The average Bonchev–Trinajstić information content (AvgIpc) is 2.65. The highest BCUT2D eigenvalue weighted by Gasteiger charge is 2.22. The SMILES string of the molecule is CN=C(NCC1CN(C)CCN1C)N(C)Cc1ccc(OC)cc1OC.I. The number of ether oxygens (including phenoxy) is 2. The van der Waals surface area contributed by atoms with Crippen LogP contribution in [0.2, 0.25) is 0 Å². The van der Waals surface area contributed by atoms with Gasteiger partial charge in [0.25, 0.3) is 0 Å². The summed E-state index contributed by atoms with van der Waals surface area (Å²) in [6.07, 6.45) is 0. The number of hydrogen-bond acceptors (Lipinski definition) is 5. The Labute approximate surface area is 180 Å². The van der Waals surface area contributed by atoms with Gasteiger partial charge in [-0.3, -0.25) is 9.89 Å². The van der Waals surface area contributed by atoms with Gasteiger partial charge in [0.1, 0.15) is 11.5 Å². The van der Waals surface area contributed by atoms with Crippen LogP contribution in [0.15, 0.2) is 23.2 Å². The molecule has 1 saturated heterocycles. The summed E-state index contributed by atoms with van der Waals surface area (Å²) in [5.41, 5.74) is 1.09. The Bertz CT molecular complexity index is 614. The van der Waals surface area contributed by atoms with E-state index < -0.39 is 0 Å². The first-order valence-electron chi connectivity index (χ1n) is 9.00. The van der Waals surface area contributed by atoms with Gasteiger partial charge in [-0.2, -0.15) is 0 Å². The number of guanidine groups is 1. The summed E-state index contributed by atoms with van der Waals surface area (Å²) in [5, 5.41) is 3.51. The molecule has 0 bridgehead atoms. The maximum Gasteiger partial charge on any atom is 0.193 e. The van der Waals surface area contributed by atoms with Crippen molar-refractivity contribution in [3.05, 3.63) is 23.8 Å². The topological polar surface area (TPSA) is 52.6 Å². The maximum absolute atomic E-state index is 5.50. The van der Waals surface area contributed by atoms with Gasteiger partial charge < -0.3 is 24.6 Å². The number of aliphatic imine (C=N–C) groups is 1. The van der Waals surface area contributed by atoms with E-state index in [4.69, 9.17) is 9.47 Å². The zero-order valence-electron chi connectivity index (χ0n) is 17.4. The monoisotopic (exact) mass is 491 g/mol. The van der Waals surface area contributed by atoms with Crippen molar-refractivity contribution in [3.8, 4) is 11.5 Å². The van der Waals surface area contributed by atoms with Crippen molar-refractivity contribution in [2.75, 3.05) is 68.6 Å². The lowest BCUT2D eigenvalue weighted by Gasteiger charge is -2.38. The summed E-state index contributed by atoms with van der Waals surface area (Å²) in [7, 11) is 11.6. The van der Waals surface area contributed by atoms with E-state index in [0.717, 1.165) is 49.2 Å². The van der Waals surface area contributed by atoms with Crippen LogP contribution in [0.1, 0.15) is 5.56 Å². The molecule has 1 aliphatic rings. The molecule has 1 atom stereocenters. The Morgan fingerprint density at radius 2 is 2.00 bits per heavy atom. The van der Waals surface area contributed by atoms with E-state index in [9.17, 15) is 0 Å². The molecule has 27 heavy (non-hydrogen) atoms. The Kier molecular flexibility index (Phi) is 10.2. The van der Waals surface area contributed by atoms with Crippen LogP contribution in [0, 0.1) is 0 Å². The highest BCUT2D eigenvalue weighted by Crippen LogP contribution is 2.25. The minimum absolute atomic E-state index is 0. The van der Waals surface area contributed by atoms with E-state index in [1.54, 1.807) is 14.2 Å². The molecule has 0 radical (unpaired) electrons. The van der Waals surface area contributed by atoms with E-state index in [2.05, 4.69) is 39.1 Å².